The van der Waals surface area contributed by atoms with Gasteiger partial charge in [-0.15, -0.1) is 0 Å². The maximum absolute atomic E-state index is 10.8. The molecule has 0 bridgehead atoms. The molecule has 1 rings (SSSR count). The lowest BCUT2D eigenvalue weighted by molar-refractivity contribution is -0.132. The maximum Gasteiger partial charge on any atom is 0.352 e. The third-order valence-electron chi connectivity index (χ3n) is 2.63. The lowest BCUT2D eigenvalue weighted by Crippen LogP contribution is -2.18. The molecule has 0 spiro atoms. The maximum atomic E-state index is 10.8. The van der Waals surface area contributed by atoms with Crippen molar-refractivity contribution in [1.29, 1.82) is 0 Å². The summed E-state index contributed by atoms with van der Waals surface area (Å²) in [6.07, 6.45) is 1.53. The molecule has 1 aliphatic carbocycles. The summed E-state index contributed by atoms with van der Waals surface area (Å²) in [5.41, 5.74) is 6.64. The van der Waals surface area contributed by atoms with Crippen molar-refractivity contribution in [1.82, 2.24) is 0 Å². The van der Waals surface area contributed by atoms with E-state index in [1.54, 1.807) is 0 Å². The summed E-state index contributed by atoms with van der Waals surface area (Å²) in [6.45, 7) is 3.46. The van der Waals surface area contributed by atoms with Crippen LogP contribution in [0.1, 0.15) is 26.7 Å². The molecule has 1 saturated carbocycles. The third kappa shape index (κ3) is 2.68. The average Bonchev–Trinajstić information content (AvgIpc) is 2.55. The normalized spacial score (nSPS) is 25.9. The van der Waals surface area contributed by atoms with E-state index in [4.69, 9.17) is 10.8 Å². The number of aliphatic carboxylic acids is 1. The minimum absolute atomic E-state index is 0.0414. The summed E-state index contributed by atoms with van der Waals surface area (Å²) in [5, 5.41) is 8.85. The molecule has 0 radical (unpaired) electrons. The van der Waals surface area contributed by atoms with E-state index in [9.17, 15) is 9.59 Å². The van der Waals surface area contributed by atoms with E-state index >= 15 is 0 Å². The zero-order valence-corrected chi connectivity index (χ0v) is 9.49. The Kier molecular flexibility index (Phi) is 3.82. The lowest BCUT2D eigenvalue weighted by atomic mass is 10.0. The van der Waals surface area contributed by atoms with Crippen molar-refractivity contribution in [3.05, 3.63) is 11.3 Å². The first-order valence-corrected chi connectivity index (χ1v) is 5.19. The molecule has 0 aliphatic heterocycles. The molecule has 5 heteroatoms. The highest BCUT2D eigenvalue weighted by Crippen LogP contribution is 2.30. The molecule has 1 fully saturated rings. The Hall–Kier alpha value is -1.65. The van der Waals surface area contributed by atoms with Gasteiger partial charge in [-0.2, -0.15) is 0 Å². The first-order valence-electron chi connectivity index (χ1n) is 5.19. The first-order chi connectivity index (χ1) is 7.43. The Morgan fingerprint density at radius 3 is 2.69 bits per heavy atom. The molecule has 16 heavy (non-hydrogen) atoms. The minimum Gasteiger partial charge on any atom is -0.477 e. The van der Waals surface area contributed by atoms with Gasteiger partial charge in [0.2, 0.25) is 0 Å². The Morgan fingerprint density at radius 1 is 1.56 bits per heavy atom. The second kappa shape index (κ2) is 4.92. The van der Waals surface area contributed by atoms with E-state index in [0.29, 0.717) is 17.7 Å². The summed E-state index contributed by atoms with van der Waals surface area (Å²) in [7, 11) is 0. The van der Waals surface area contributed by atoms with Crippen molar-refractivity contribution in [3.8, 4) is 0 Å². The van der Waals surface area contributed by atoms with Gasteiger partial charge in [0.25, 0.3) is 0 Å². The fourth-order valence-corrected chi connectivity index (χ4v) is 1.82. The van der Waals surface area contributed by atoms with Crippen molar-refractivity contribution in [2.75, 3.05) is 6.54 Å². The Balaban J connectivity index is 3.03. The zero-order valence-electron chi connectivity index (χ0n) is 9.49. The van der Waals surface area contributed by atoms with E-state index in [1.165, 1.54) is 6.92 Å². The van der Waals surface area contributed by atoms with E-state index in [0.717, 1.165) is 6.42 Å². The molecule has 0 aromatic carbocycles. The number of carboxylic acids is 1. The van der Waals surface area contributed by atoms with E-state index in [2.05, 4.69) is 4.99 Å². The van der Waals surface area contributed by atoms with E-state index in [-0.39, 0.29) is 23.9 Å². The van der Waals surface area contributed by atoms with Crippen LogP contribution in [0.5, 0.6) is 0 Å². The monoisotopic (exact) mass is 224 g/mol. The number of nitrogens with two attached hydrogens (primary N) is 1. The van der Waals surface area contributed by atoms with Crippen LogP contribution in [0.15, 0.2) is 16.3 Å². The SMILES string of the molecule is CC(=O)CN=C1CCC(C)/C1=C(/N)C(=O)O. The van der Waals surface area contributed by atoms with Crippen LogP contribution in [0.4, 0.5) is 0 Å². The largest absolute Gasteiger partial charge is 0.477 e. The molecule has 1 aliphatic rings. The highest BCUT2D eigenvalue weighted by Gasteiger charge is 2.27. The van der Waals surface area contributed by atoms with Crippen LogP contribution in [0.2, 0.25) is 0 Å². The topological polar surface area (TPSA) is 92.8 Å². The number of aliphatic imine (C=N–C) groups is 1. The molecular weight excluding hydrogens is 208 g/mol. The summed E-state index contributed by atoms with van der Waals surface area (Å²) < 4.78 is 0. The van der Waals surface area contributed by atoms with Crippen LogP contribution < -0.4 is 5.73 Å². The van der Waals surface area contributed by atoms with Gasteiger partial charge in [-0.1, -0.05) is 6.92 Å². The quantitative estimate of drug-likeness (QED) is 0.691. The number of carboxylic acid groups (broad SMARTS) is 1. The molecule has 0 aromatic rings. The molecular formula is C11H16N2O3. The minimum atomic E-state index is -1.13. The molecule has 1 atom stereocenters. The molecule has 88 valence electrons. The van der Waals surface area contributed by atoms with Gasteiger partial charge in [-0.05, 0) is 25.7 Å². The molecule has 5 nitrogen and oxygen atoms in total. The molecule has 1 unspecified atom stereocenters. The summed E-state index contributed by atoms with van der Waals surface area (Å²) in [4.78, 5) is 25.8. The summed E-state index contributed by atoms with van der Waals surface area (Å²) >= 11 is 0. The second-order valence-corrected chi connectivity index (χ2v) is 4.04. The van der Waals surface area contributed by atoms with Crippen LogP contribution in [0.3, 0.4) is 0 Å². The van der Waals surface area contributed by atoms with Gasteiger partial charge in [-0.3, -0.25) is 9.79 Å². The molecule has 0 amide bonds. The van der Waals surface area contributed by atoms with Gasteiger partial charge in [0.05, 0.1) is 6.54 Å². The lowest BCUT2D eigenvalue weighted by Gasteiger charge is -2.07. The predicted molar refractivity (Wildman–Crippen MR) is 60.2 cm³/mol. The van der Waals surface area contributed by atoms with E-state index < -0.39 is 5.97 Å². The van der Waals surface area contributed by atoms with Crippen molar-refractivity contribution < 1.29 is 14.7 Å². The number of nitrogens with zero attached hydrogens (tertiary/aromatic N) is 1. The van der Waals surface area contributed by atoms with Gasteiger partial charge in [0, 0.05) is 11.3 Å². The number of allylic oxidation sites excluding steroid dienone is 1. The smallest absolute Gasteiger partial charge is 0.352 e. The molecule has 0 saturated heterocycles. The number of carbonyl (C=O) groups excluding carboxylic acids is 1. The van der Waals surface area contributed by atoms with Gasteiger partial charge < -0.3 is 10.8 Å². The van der Waals surface area contributed by atoms with Gasteiger partial charge in [0.1, 0.15) is 5.70 Å². The van der Waals surface area contributed by atoms with Gasteiger partial charge >= 0.3 is 5.97 Å². The van der Waals surface area contributed by atoms with Crippen molar-refractivity contribution in [2.24, 2.45) is 16.6 Å². The summed E-state index contributed by atoms with van der Waals surface area (Å²) in [5.74, 6) is -1.07. The van der Waals surface area contributed by atoms with Crippen molar-refractivity contribution >= 4 is 17.5 Å². The highest BCUT2D eigenvalue weighted by molar-refractivity contribution is 6.08. The number of carbonyl (C=O) groups is 2. The van der Waals surface area contributed by atoms with Crippen LogP contribution in [-0.4, -0.2) is 29.1 Å². The first kappa shape index (κ1) is 12.4. The Morgan fingerprint density at radius 2 is 2.19 bits per heavy atom. The second-order valence-electron chi connectivity index (χ2n) is 4.04. The van der Waals surface area contributed by atoms with Crippen LogP contribution in [0, 0.1) is 5.92 Å². The zero-order chi connectivity index (χ0) is 12.3. The molecule has 0 heterocycles. The number of Topliss-reactive ketones (excluding diaryl/α,β-unsaturated/α-hetero) is 1. The Labute approximate surface area is 94.0 Å². The van der Waals surface area contributed by atoms with Gasteiger partial charge in [-0.25, -0.2) is 4.79 Å². The molecule has 0 aromatic heterocycles. The average molecular weight is 224 g/mol. The van der Waals surface area contributed by atoms with E-state index in [1.807, 2.05) is 6.92 Å². The Bertz CT molecular complexity index is 383. The predicted octanol–water partition coefficient (Wildman–Crippen LogP) is 0.744. The number of hydrogen-bond acceptors (Lipinski definition) is 4. The fourth-order valence-electron chi connectivity index (χ4n) is 1.82. The highest BCUT2D eigenvalue weighted by atomic mass is 16.4. The van der Waals surface area contributed by atoms with Crippen molar-refractivity contribution in [2.45, 2.75) is 26.7 Å². The number of rotatable bonds is 3. The van der Waals surface area contributed by atoms with Gasteiger partial charge in [0.15, 0.2) is 5.78 Å². The fraction of sp³-hybridized carbons (Fsp3) is 0.545. The standard InChI is InChI=1S/C11H16N2O3/c1-6-3-4-8(13-5-7(2)14)9(6)10(12)11(15)16/h6H,3-5,12H2,1-2H3,(H,15,16)/b10-9-,13-8?. The molecule has 3 N–H and O–H groups in total. The van der Waals surface area contributed by atoms with Crippen LogP contribution >= 0.6 is 0 Å². The van der Waals surface area contributed by atoms with Crippen LogP contribution in [-0.2, 0) is 9.59 Å². The van der Waals surface area contributed by atoms with Crippen LogP contribution in [0.25, 0.3) is 0 Å². The summed E-state index contributed by atoms with van der Waals surface area (Å²) in [6, 6.07) is 0. The third-order valence-corrected chi connectivity index (χ3v) is 2.63. The number of ketones is 1. The van der Waals surface area contributed by atoms with Crippen molar-refractivity contribution in [3.63, 3.8) is 0 Å². The number of hydrogen-bond donors (Lipinski definition) is 2.